The number of nitrogens with one attached hydrogen (secondary N) is 2. The lowest BCUT2D eigenvalue weighted by Gasteiger charge is -2.15. The van der Waals surface area contributed by atoms with Gasteiger partial charge in [-0.3, -0.25) is 0 Å². The van der Waals surface area contributed by atoms with E-state index in [9.17, 15) is 4.39 Å². The van der Waals surface area contributed by atoms with Gasteiger partial charge in [0.25, 0.3) is 0 Å². The number of oxime groups is 1. The molecule has 1 atom stereocenters. The van der Waals surface area contributed by atoms with Gasteiger partial charge < -0.3 is 20.0 Å². The molecular weight excluding hydrogens is 323 g/mol. The molecule has 4 rings (SSSR count). The van der Waals surface area contributed by atoms with Gasteiger partial charge in [-0.15, -0.1) is 0 Å². The molecule has 0 aliphatic carbocycles. The summed E-state index contributed by atoms with van der Waals surface area (Å²) < 4.78 is 19.3. The molecule has 2 aliphatic heterocycles. The summed E-state index contributed by atoms with van der Waals surface area (Å²) in [6.07, 6.45) is 4.90. The fourth-order valence-electron chi connectivity index (χ4n) is 3.05. The number of anilines is 1. The number of rotatable bonds is 5. The Kier molecular flexibility index (Phi) is 4.47. The van der Waals surface area contributed by atoms with Crippen LogP contribution in [0.5, 0.6) is 0 Å². The molecule has 130 valence electrons. The Morgan fingerprint density at radius 2 is 2.28 bits per heavy atom. The molecule has 0 spiro atoms. The highest BCUT2D eigenvalue weighted by Crippen LogP contribution is 2.25. The Balaban J connectivity index is 1.40. The third kappa shape index (κ3) is 3.56. The summed E-state index contributed by atoms with van der Waals surface area (Å²) in [5, 5.41) is 14.2. The Morgan fingerprint density at radius 3 is 3.04 bits per heavy atom. The summed E-state index contributed by atoms with van der Waals surface area (Å²) in [5.74, 6) is 0.445. The van der Waals surface area contributed by atoms with Gasteiger partial charge in [-0.25, -0.2) is 4.39 Å². The maximum atomic E-state index is 14.5. The first-order valence-electron chi connectivity index (χ1n) is 8.36. The van der Waals surface area contributed by atoms with Crippen LogP contribution in [0, 0.1) is 5.82 Å². The number of hydrogen-bond acceptors (Lipinski definition) is 6. The fraction of sp³-hybridized carbons (Fsp3) is 0.333. The second-order valence-electron chi connectivity index (χ2n) is 6.11. The average Bonchev–Trinajstić information content (AvgIpc) is 3.32. The van der Waals surface area contributed by atoms with Crippen molar-refractivity contribution in [2.75, 3.05) is 25.0 Å². The van der Waals surface area contributed by atoms with Crippen molar-refractivity contribution in [3.05, 3.63) is 53.5 Å². The van der Waals surface area contributed by atoms with E-state index >= 15 is 0 Å². The van der Waals surface area contributed by atoms with Gasteiger partial charge in [0.2, 0.25) is 0 Å². The zero-order valence-electron chi connectivity index (χ0n) is 13.7. The Labute approximate surface area is 144 Å². The van der Waals surface area contributed by atoms with Crippen LogP contribution in [0.4, 0.5) is 10.2 Å². The highest BCUT2D eigenvalue weighted by Gasteiger charge is 2.23. The van der Waals surface area contributed by atoms with Gasteiger partial charge >= 0.3 is 0 Å². The maximum Gasteiger partial charge on any atom is 0.169 e. The number of halogens is 1. The average molecular weight is 342 g/mol. The van der Waals surface area contributed by atoms with Gasteiger partial charge in [-0.2, -0.15) is 0 Å². The van der Waals surface area contributed by atoms with E-state index in [2.05, 4.69) is 20.9 Å². The van der Waals surface area contributed by atoms with Crippen LogP contribution in [0.25, 0.3) is 5.57 Å². The number of hydrogen-bond donors (Lipinski definition) is 2. The lowest BCUT2D eigenvalue weighted by molar-refractivity contribution is 0.0948. The first-order chi connectivity index (χ1) is 12.3. The summed E-state index contributed by atoms with van der Waals surface area (Å²) in [5.41, 5.74) is 3.26. The van der Waals surface area contributed by atoms with Crippen molar-refractivity contribution in [1.29, 1.82) is 0 Å². The molecule has 2 N–H and O–H groups in total. The molecular formula is C18H19FN4O2. The molecule has 7 heteroatoms. The van der Waals surface area contributed by atoms with Crippen molar-refractivity contribution in [3.63, 3.8) is 0 Å². The number of benzene rings is 1. The van der Waals surface area contributed by atoms with E-state index in [4.69, 9.17) is 9.36 Å². The molecule has 0 bridgehead atoms. The minimum atomic E-state index is -0.211. The van der Waals surface area contributed by atoms with E-state index in [1.54, 1.807) is 12.1 Å². The van der Waals surface area contributed by atoms with Gasteiger partial charge in [0.05, 0.1) is 12.3 Å². The second-order valence-corrected chi connectivity index (χ2v) is 6.11. The topological polar surface area (TPSA) is 71.7 Å². The van der Waals surface area contributed by atoms with Gasteiger partial charge in [-0.1, -0.05) is 28.5 Å². The molecule has 0 saturated heterocycles. The van der Waals surface area contributed by atoms with Crippen LogP contribution < -0.4 is 10.6 Å². The lowest BCUT2D eigenvalue weighted by Crippen LogP contribution is -2.20. The predicted molar refractivity (Wildman–Crippen MR) is 92.9 cm³/mol. The molecule has 0 radical (unpaired) electrons. The van der Waals surface area contributed by atoms with Crippen LogP contribution in [-0.4, -0.2) is 36.6 Å². The van der Waals surface area contributed by atoms with E-state index in [0.29, 0.717) is 24.3 Å². The monoisotopic (exact) mass is 342 g/mol. The summed E-state index contributed by atoms with van der Waals surface area (Å²) in [4.78, 5) is 5.43. The van der Waals surface area contributed by atoms with Crippen LogP contribution in [0.1, 0.15) is 24.0 Å². The summed E-state index contributed by atoms with van der Waals surface area (Å²) in [6.45, 7) is 2.23. The SMILES string of the molecule is Fc1cc(C2=NO[C@H](CNc3ccon3)C2)ccc1C1=CCNCC1. The molecule has 0 amide bonds. The van der Waals surface area contributed by atoms with Crippen LogP contribution >= 0.6 is 0 Å². The van der Waals surface area contributed by atoms with Crippen molar-refractivity contribution in [2.45, 2.75) is 18.9 Å². The van der Waals surface area contributed by atoms with Gasteiger partial charge in [-0.05, 0) is 24.6 Å². The Bertz CT molecular complexity index is 801. The van der Waals surface area contributed by atoms with Crippen molar-refractivity contribution >= 4 is 17.1 Å². The van der Waals surface area contributed by atoms with E-state index in [1.165, 1.54) is 6.26 Å². The molecule has 0 fully saturated rings. The summed E-state index contributed by atoms with van der Waals surface area (Å²) >= 11 is 0. The molecule has 1 aromatic carbocycles. The summed E-state index contributed by atoms with van der Waals surface area (Å²) in [6, 6.07) is 7.04. The molecule has 0 unspecified atom stereocenters. The van der Waals surface area contributed by atoms with Gasteiger partial charge in [0.15, 0.2) is 5.82 Å². The zero-order chi connectivity index (χ0) is 17.1. The van der Waals surface area contributed by atoms with Crippen molar-refractivity contribution in [1.82, 2.24) is 10.5 Å². The first kappa shape index (κ1) is 15.8. The van der Waals surface area contributed by atoms with E-state index < -0.39 is 0 Å². The van der Waals surface area contributed by atoms with Gasteiger partial charge in [0, 0.05) is 30.2 Å². The smallest absolute Gasteiger partial charge is 0.169 e. The van der Waals surface area contributed by atoms with Crippen LogP contribution in [0.15, 0.2) is 46.3 Å². The predicted octanol–water partition coefficient (Wildman–Crippen LogP) is 2.80. The summed E-state index contributed by atoms with van der Waals surface area (Å²) in [7, 11) is 0. The first-order valence-corrected chi connectivity index (χ1v) is 8.36. The highest BCUT2D eigenvalue weighted by molar-refractivity contribution is 6.01. The van der Waals surface area contributed by atoms with E-state index in [1.807, 2.05) is 18.2 Å². The minimum Gasteiger partial charge on any atom is -0.390 e. The standard InChI is InChI=1S/C18H19FN4O2/c19-16-9-13(1-2-15(16)12-3-6-20-7-4-12)17-10-14(25-22-17)11-21-18-5-8-24-23-18/h1-3,5,8-9,14,20H,4,6-7,10-11H2,(H,21,23)/t14-/m0/s1. The van der Waals surface area contributed by atoms with E-state index in [-0.39, 0.29) is 11.9 Å². The highest BCUT2D eigenvalue weighted by atomic mass is 19.1. The molecule has 2 aromatic rings. The lowest BCUT2D eigenvalue weighted by atomic mass is 9.96. The molecule has 0 saturated carbocycles. The Morgan fingerprint density at radius 1 is 1.32 bits per heavy atom. The third-order valence-electron chi connectivity index (χ3n) is 4.39. The van der Waals surface area contributed by atoms with Crippen LogP contribution in [-0.2, 0) is 4.84 Å². The Hall–Kier alpha value is -2.67. The third-order valence-corrected chi connectivity index (χ3v) is 4.39. The molecule has 2 aliphatic rings. The fourth-order valence-corrected chi connectivity index (χ4v) is 3.05. The number of aromatic nitrogens is 1. The van der Waals surface area contributed by atoms with E-state index in [0.717, 1.165) is 36.4 Å². The minimum absolute atomic E-state index is 0.110. The van der Waals surface area contributed by atoms with Crippen molar-refractivity contribution in [2.24, 2.45) is 5.16 Å². The number of nitrogens with zero attached hydrogens (tertiary/aromatic N) is 2. The molecule has 3 heterocycles. The normalized spacial score (nSPS) is 20.0. The second kappa shape index (κ2) is 7.06. The quantitative estimate of drug-likeness (QED) is 0.874. The zero-order valence-corrected chi connectivity index (χ0v) is 13.7. The van der Waals surface area contributed by atoms with Crippen LogP contribution in [0.2, 0.25) is 0 Å². The maximum absolute atomic E-state index is 14.5. The van der Waals surface area contributed by atoms with Crippen molar-refractivity contribution in [3.8, 4) is 0 Å². The van der Waals surface area contributed by atoms with Crippen LogP contribution in [0.3, 0.4) is 0 Å². The van der Waals surface area contributed by atoms with Gasteiger partial charge in [0.1, 0.15) is 18.2 Å². The van der Waals surface area contributed by atoms with Crippen molar-refractivity contribution < 1.29 is 13.8 Å². The molecule has 1 aromatic heterocycles. The molecule has 25 heavy (non-hydrogen) atoms. The largest absolute Gasteiger partial charge is 0.390 e. The molecule has 6 nitrogen and oxygen atoms in total.